The van der Waals surface area contributed by atoms with Gasteiger partial charge in [0.25, 0.3) is 0 Å². The standard InChI is InChI=1S/C21H30ClN3O3S/c1-20(2,3)11-16-13-25-18(19(26)24-9-10-29(4,27)28)12-21(16,14-23)15-5-7-17(22)8-6-15/h5-8,16,18,25H,9-13H2,1-4H3,(H,24,26). The van der Waals surface area contributed by atoms with E-state index < -0.39 is 21.3 Å². The molecule has 0 aliphatic carbocycles. The van der Waals surface area contributed by atoms with Gasteiger partial charge in [0.1, 0.15) is 9.84 Å². The fourth-order valence-electron chi connectivity index (χ4n) is 3.98. The highest BCUT2D eigenvalue weighted by molar-refractivity contribution is 7.90. The van der Waals surface area contributed by atoms with Crippen molar-refractivity contribution in [1.29, 1.82) is 5.26 Å². The number of nitrogens with one attached hydrogen (secondary N) is 2. The van der Waals surface area contributed by atoms with E-state index in [0.717, 1.165) is 18.2 Å². The molecule has 0 radical (unpaired) electrons. The minimum Gasteiger partial charge on any atom is -0.354 e. The van der Waals surface area contributed by atoms with Gasteiger partial charge in [-0.1, -0.05) is 44.5 Å². The summed E-state index contributed by atoms with van der Waals surface area (Å²) in [6, 6.07) is 9.24. The zero-order valence-corrected chi connectivity index (χ0v) is 19.0. The Kier molecular flexibility index (Phi) is 7.37. The Bertz CT molecular complexity index is 872. The van der Waals surface area contributed by atoms with Gasteiger partial charge in [0.2, 0.25) is 5.91 Å². The monoisotopic (exact) mass is 439 g/mol. The van der Waals surface area contributed by atoms with Gasteiger partial charge in [-0.05, 0) is 41.9 Å². The van der Waals surface area contributed by atoms with Crippen molar-refractivity contribution in [3.05, 3.63) is 34.9 Å². The quantitative estimate of drug-likeness (QED) is 0.709. The Balaban J connectivity index is 2.29. The summed E-state index contributed by atoms with van der Waals surface area (Å²) in [6.45, 7) is 7.00. The first-order valence-electron chi connectivity index (χ1n) is 9.72. The number of benzene rings is 1. The van der Waals surface area contributed by atoms with Crippen molar-refractivity contribution in [2.45, 2.75) is 45.1 Å². The fourth-order valence-corrected chi connectivity index (χ4v) is 4.57. The van der Waals surface area contributed by atoms with Crippen LogP contribution in [0, 0.1) is 22.7 Å². The number of hydrogen-bond acceptors (Lipinski definition) is 5. The van der Waals surface area contributed by atoms with Gasteiger partial charge in [0.05, 0.1) is 23.3 Å². The number of rotatable bonds is 6. The summed E-state index contributed by atoms with van der Waals surface area (Å²) in [5.74, 6) is -0.371. The third kappa shape index (κ3) is 6.43. The molecule has 1 aromatic rings. The maximum absolute atomic E-state index is 12.7. The van der Waals surface area contributed by atoms with Gasteiger partial charge in [0, 0.05) is 24.4 Å². The van der Waals surface area contributed by atoms with Crippen LogP contribution in [0.2, 0.25) is 5.02 Å². The lowest BCUT2D eigenvalue weighted by Crippen LogP contribution is -2.58. The molecule has 3 unspecified atom stereocenters. The summed E-state index contributed by atoms with van der Waals surface area (Å²) < 4.78 is 22.6. The second-order valence-electron chi connectivity index (χ2n) is 9.14. The summed E-state index contributed by atoms with van der Waals surface area (Å²) >= 11 is 6.05. The molecule has 0 aromatic heterocycles. The number of piperidine rings is 1. The molecule has 8 heteroatoms. The van der Waals surface area contributed by atoms with Gasteiger partial charge in [0.15, 0.2) is 0 Å². The van der Waals surface area contributed by atoms with Gasteiger partial charge >= 0.3 is 0 Å². The van der Waals surface area contributed by atoms with Gasteiger partial charge in [-0.15, -0.1) is 0 Å². The Morgan fingerprint density at radius 2 is 1.97 bits per heavy atom. The van der Waals surface area contributed by atoms with E-state index in [1.165, 1.54) is 0 Å². The van der Waals surface area contributed by atoms with Crippen LogP contribution in [-0.2, 0) is 20.0 Å². The summed E-state index contributed by atoms with van der Waals surface area (Å²) in [7, 11) is -3.15. The van der Waals surface area contributed by atoms with Crippen molar-refractivity contribution in [1.82, 2.24) is 10.6 Å². The molecule has 2 rings (SSSR count). The fraction of sp³-hybridized carbons (Fsp3) is 0.619. The topological polar surface area (TPSA) is 99.1 Å². The number of carbonyl (C=O) groups excluding carboxylic acids is 1. The maximum atomic E-state index is 12.7. The molecule has 6 nitrogen and oxygen atoms in total. The first-order chi connectivity index (χ1) is 13.4. The van der Waals surface area contributed by atoms with Crippen LogP contribution in [-0.4, -0.2) is 45.5 Å². The molecule has 0 spiro atoms. The van der Waals surface area contributed by atoms with E-state index in [2.05, 4.69) is 37.5 Å². The van der Waals surface area contributed by atoms with E-state index in [0.29, 0.717) is 18.0 Å². The summed E-state index contributed by atoms with van der Waals surface area (Å²) in [4.78, 5) is 12.7. The lowest BCUT2D eigenvalue weighted by Gasteiger charge is -2.45. The zero-order valence-electron chi connectivity index (χ0n) is 17.5. The Labute approximate surface area is 178 Å². The number of nitrogens with zero attached hydrogens (tertiary/aromatic N) is 1. The molecular weight excluding hydrogens is 410 g/mol. The van der Waals surface area contributed by atoms with Crippen LogP contribution in [0.4, 0.5) is 0 Å². The van der Waals surface area contributed by atoms with E-state index >= 15 is 0 Å². The average Bonchev–Trinajstić information content (AvgIpc) is 2.60. The molecule has 2 N–H and O–H groups in total. The number of nitriles is 1. The summed E-state index contributed by atoms with van der Waals surface area (Å²) in [5.41, 5.74) is 0.0435. The Morgan fingerprint density at radius 1 is 1.34 bits per heavy atom. The van der Waals surface area contributed by atoms with Crippen molar-refractivity contribution in [3.8, 4) is 6.07 Å². The number of halogens is 1. The van der Waals surface area contributed by atoms with E-state index in [1.807, 2.05) is 12.1 Å². The highest BCUT2D eigenvalue weighted by Gasteiger charge is 2.48. The van der Waals surface area contributed by atoms with Crippen LogP contribution in [0.15, 0.2) is 24.3 Å². The van der Waals surface area contributed by atoms with Crippen molar-refractivity contribution in [2.24, 2.45) is 11.3 Å². The van der Waals surface area contributed by atoms with E-state index in [1.54, 1.807) is 12.1 Å². The highest BCUT2D eigenvalue weighted by atomic mass is 35.5. The number of hydrogen-bond donors (Lipinski definition) is 2. The Hall–Kier alpha value is -1.62. The van der Waals surface area contributed by atoms with Crippen molar-refractivity contribution in [3.63, 3.8) is 0 Å². The molecular formula is C21H30ClN3O3S. The van der Waals surface area contributed by atoms with Gasteiger partial charge in [-0.25, -0.2) is 8.42 Å². The summed E-state index contributed by atoms with van der Waals surface area (Å²) in [6.07, 6.45) is 2.27. The molecule has 160 valence electrons. The molecule has 3 atom stereocenters. The predicted octanol–water partition coefficient (Wildman–Crippen LogP) is 2.68. The van der Waals surface area contributed by atoms with Gasteiger partial charge in [-0.3, -0.25) is 4.79 Å². The first kappa shape index (κ1) is 23.7. The lowest BCUT2D eigenvalue weighted by molar-refractivity contribution is -0.124. The van der Waals surface area contributed by atoms with Crippen LogP contribution in [0.3, 0.4) is 0 Å². The van der Waals surface area contributed by atoms with Gasteiger partial charge < -0.3 is 10.6 Å². The average molecular weight is 440 g/mol. The third-order valence-electron chi connectivity index (χ3n) is 5.34. The SMILES string of the molecule is CC(C)(C)CC1CNC(C(=O)NCCS(C)(=O)=O)CC1(C#N)c1ccc(Cl)cc1. The molecule has 29 heavy (non-hydrogen) atoms. The van der Waals surface area contributed by atoms with Crippen LogP contribution in [0.25, 0.3) is 0 Å². The molecule has 0 saturated carbocycles. The van der Waals surface area contributed by atoms with Crippen molar-refractivity contribution in [2.75, 3.05) is 25.1 Å². The molecule has 0 bridgehead atoms. The van der Waals surface area contributed by atoms with E-state index in [-0.39, 0.29) is 29.5 Å². The molecule has 1 aliphatic rings. The highest BCUT2D eigenvalue weighted by Crippen LogP contribution is 2.44. The summed E-state index contributed by atoms with van der Waals surface area (Å²) in [5, 5.41) is 16.8. The normalized spacial score (nSPS) is 25.2. The van der Waals surface area contributed by atoms with Crippen molar-refractivity contribution < 1.29 is 13.2 Å². The second-order valence-corrected chi connectivity index (χ2v) is 11.8. The van der Waals surface area contributed by atoms with Crippen LogP contribution in [0.5, 0.6) is 0 Å². The largest absolute Gasteiger partial charge is 0.354 e. The Morgan fingerprint density at radius 3 is 2.48 bits per heavy atom. The zero-order chi connectivity index (χ0) is 21.9. The first-order valence-corrected chi connectivity index (χ1v) is 12.2. The smallest absolute Gasteiger partial charge is 0.237 e. The molecule has 1 aliphatic heterocycles. The molecule has 1 heterocycles. The molecule has 1 fully saturated rings. The predicted molar refractivity (Wildman–Crippen MR) is 115 cm³/mol. The van der Waals surface area contributed by atoms with Gasteiger partial charge in [-0.2, -0.15) is 5.26 Å². The van der Waals surface area contributed by atoms with Crippen LogP contribution >= 0.6 is 11.6 Å². The van der Waals surface area contributed by atoms with E-state index in [4.69, 9.17) is 11.6 Å². The number of sulfone groups is 1. The lowest BCUT2D eigenvalue weighted by atomic mass is 9.61. The van der Waals surface area contributed by atoms with Crippen LogP contribution in [0.1, 0.15) is 39.2 Å². The van der Waals surface area contributed by atoms with Crippen molar-refractivity contribution >= 4 is 27.3 Å². The number of carbonyl (C=O) groups is 1. The van der Waals surface area contributed by atoms with E-state index in [9.17, 15) is 18.5 Å². The molecule has 1 saturated heterocycles. The maximum Gasteiger partial charge on any atom is 0.237 e. The molecule has 1 aromatic carbocycles. The second kappa shape index (κ2) is 9.03. The third-order valence-corrected chi connectivity index (χ3v) is 6.54. The minimum absolute atomic E-state index is 0.0193. The minimum atomic E-state index is -3.15. The molecule has 1 amide bonds. The number of amides is 1. The van der Waals surface area contributed by atoms with Crippen LogP contribution < -0.4 is 10.6 Å².